The van der Waals surface area contributed by atoms with Crippen LogP contribution in [0.25, 0.3) is 6.08 Å². The standard InChI is InChI=1S/C32H30N4O5S/c1-21(30(37)35-25-16-26(40-2)19-27(17-25)41-3)42-28-13-7-12-24(18-28)34-32(39)29(15-22-9-8-14-33-20-22)36-31(38)23-10-5-4-6-11-23/h4-21H,1-3H3,(H,34,39)(H,35,37)(H,36,38)/b29-15-. The van der Waals surface area contributed by atoms with Gasteiger partial charge < -0.3 is 25.4 Å². The van der Waals surface area contributed by atoms with E-state index in [0.29, 0.717) is 34.0 Å². The van der Waals surface area contributed by atoms with Crippen molar-refractivity contribution >= 4 is 46.9 Å². The molecule has 0 aliphatic rings. The molecule has 0 bridgehead atoms. The zero-order valence-electron chi connectivity index (χ0n) is 23.3. The molecule has 3 N–H and O–H groups in total. The zero-order chi connectivity index (χ0) is 29.9. The minimum atomic E-state index is -0.511. The Kier molecular flexibility index (Phi) is 10.3. The topological polar surface area (TPSA) is 119 Å². The van der Waals surface area contributed by atoms with Gasteiger partial charge in [-0.25, -0.2) is 0 Å². The quantitative estimate of drug-likeness (QED) is 0.155. The molecule has 0 aliphatic carbocycles. The zero-order valence-corrected chi connectivity index (χ0v) is 24.1. The maximum Gasteiger partial charge on any atom is 0.272 e. The van der Waals surface area contributed by atoms with Crippen LogP contribution in [0, 0.1) is 0 Å². The number of benzene rings is 3. The van der Waals surface area contributed by atoms with Crippen molar-refractivity contribution in [3.05, 3.63) is 114 Å². The highest BCUT2D eigenvalue weighted by molar-refractivity contribution is 8.00. The van der Waals surface area contributed by atoms with Crippen LogP contribution in [0.2, 0.25) is 0 Å². The summed E-state index contributed by atoms with van der Waals surface area (Å²) in [6.07, 6.45) is 4.77. The van der Waals surface area contributed by atoms with Gasteiger partial charge in [0.2, 0.25) is 5.91 Å². The average Bonchev–Trinajstić information content (AvgIpc) is 3.01. The summed E-state index contributed by atoms with van der Waals surface area (Å²) in [6, 6.07) is 24.4. The molecule has 9 nitrogen and oxygen atoms in total. The molecule has 3 aromatic carbocycles. The summed E-state index contributed by atoms with van der Waals surface area (Å²) in [5.41, 5.74) is 2.17. The van der Waals surface area contributed by atoms with Crippen molar-refractivity contribution in [2.75, 3.05) is 24.9 Å². The van der Waals surface area contributed by atoms with Crippen molar-refractivity contribution < 1.29 is 23.9 Å². The number of carbonyl (C=O) groups is 3. The molecule has 4 rings (SSSR count). The van der Waals surface area contributed by atoms with Crippen LogP contribution in [-0.2, 0) is 9.59 Å². The van der Waals surface area contributed by atoms with Crippen LogP contribution in [0.5, 0.6) is 11.5 Å². The van der Waals surface area contributed by atoms with Gasteiger partial charge in [-0.15, -0.1) is 11.8 Å². The van der Waals surface area contributed by atoms with Crippen LogP contribution < -0.4 is 25.4 Å². The van der Waals surface area contributed by atoms with Crippen LogP contribution in [0.4, 0.5) is 11.4 Å². The molecule has 4 aromatic rings. The van der Waals surface area contributed by atoms with E-state index in [1.165, 1.54) is 11.8 Å². The van der Waals surface area contributed by atoms with Gasteiger partial charge in [-0.05, 0) is 55.0 Å². The molecule has 214 valence electrons. The van der Waals surface area contributed by atoms with Crippen LogP contribution in [0.15, 0.2) is 108 Å². The molecular weight excluding hydrogens is 552 g/mol. The number of pyridine rings is 1. The van der Waals surface area contributed by atoms with Crippen LogP contribution in [-0.4, -0.2) is 42.2 Å². The Bertz CT molecular complexity index is 1560. The van der Waals surface area contributed by atoms with E-state index in [9.17, 15) is 14.4 Å². The van der Waals surface area contributed by atoms with Gasteiger partial charge in [-0.3, -0.25) is 19.4 Å². The molecule has 0 saturated heterocycles. The SMILES string of the molecule is COc1cc(NC(=O)C(C)Sc2cccc(NC(=O)/C(=C/c3cccnc3)NC(=O)c3ccccc3)c2)cc(OC)c1. The van der Waals surface area contributed by atoms with Gasteiger partial charge >= 0.3 is 0 Å². The smallest absolute Gasteiger partial charge is 0.272 e. The molecule has 3 amide bonds. The lowest BCUT2D eigenvalue weighted by molar-refractivity contribution is -0.115. The summed E-state index contributed by atoms with van der Waals surface area (Å²) in [6.45, 7) is 1.79. The second kappa shape index (κ2) is 14.5. The predicted molar refractivity (Wildman–Crippen MR) is 165 cm³/mol. The number of ether oxygens (including phenoxy) is 2. The fourth-order valence-electron chi connectivity index (χ4n) is 3.80. The van der Waals surface area contributed by atoms with Gasteiger partial charge in [-0.2, -0.15) is 0 Å². The number of nitrogens with one attached hydrogen (secondary N) is 3. The number of aromatic nitrogens is 1. The molecule has 1 aromatic heterocycles. The Hall–Kier alpha value is -5.09. The Labute approximate surface area is 248 Å². The third-order valence-corrected chi connectivity index (χ3v) is 7.01. The molecule has 10 heteroatoms. The Balaban J connectivity index is 1.45. The van der Waals surface area contributed by atoms with E-state index >= 15 is 0 Å². The normalized spacial score (nSPS) is 11.6. The van der Waals surface area contributed by atoms with E-state index in [-0.39, 0.29) is 11.6 Å². The summed E-state index contributed by atoms with van der Waals surface area (Å²) in [5.74, 6) is -0.0209. The van der Waals surface area contributed by atoms with Crippen LogP contribution >= 0.6 is 11.8 Å². The summed E-state index contributed by atoms with van der Waals surface area (Å²) in [4.78, 5) is 43.9. The molecular formula is C32H30N4O5S. The molecule has 1 unspecified atom stereocenters. The number of anilines is 2. The number of rotatable bonds is 11. The first-order valence-corrected chi connectivity index (χ1v) is 13.8. The molecule has 1 heterocycles. The van der Waals surface area contributed by atoms with Crippen molar-refractivity contribution in [1.29, 1.82) is 0 Å². The lowest BCUT2D eigenvalue weighted by atomic mass is 10.2. The van der Waals surface area contributed by atoms with E-state index < -0.39 is 17.1 Å². The Morgan fingerprint density at radius 3 is 2.24 bits per heavy atom. The summed E-state index contributed by atoms with van der Waals surface area (Å²) in [7, 11) is 3.08. The first-order valence-electron chi connectivity index (χ1n) is 12.9. The predicted octanol–water partition coefficient (Wildman–Crippen LogP) is 5.63. The third-order valence-electron chi connectivity index (χ3n) is 5.92. The van der Waals surface area contributed by atoms with Crippen molar-refractivity contribution in [1.82, 2.24) is 10.3 Å². The van der Waals surface area contributed by atoms with E-state index in [1.54, 1.807) is 118 Å². The first kappa shape index (κ1) is 29.9. The Morgan fingerprint density at radius 2 is 1.57 bits per heavy atom. The molecule has 0 aliphatic heterocycles. The van der Waals surface area contributed by atoms with E-state index in [2.05, 4.69) is 20.9 Å². The number of amides is 3. The highest BCUT2D eigenvalue weighted by atomic mass is 32.2. The number of thioether (sulfide) groups is 1. The third kappa shape index (κ3) is 8.45. The van der Waals surface area contributed by atoms with E-state index in [0.717, 1.165) is 4.90 Å². The minimum absolute atomic E-state index is 0.0522. The highest BCUT2D eigenvalue weighted by Crippen LogP contribution is 2.29. The summed E-state index contributed by atoms with van der Waals surface area (Å²) in [5, 5.41) is 7.98. The Morgan fingerprint density at radius 1 is 0.833 bits per heavy atom. The van der Waals surface area contributed by atoms with Crippen molar-refractivity contribution in [3.8, 4) is 11.5 Å². The minimum Gasteiger partial charge on any atom is -0.497 e. The second-order valence-corrected chi connectivity index (χ2v) is 10.4. The van der Waals surface area contributed by atoms with Gasteiger partial charge in [0, 0.05) is 52.4 Å². The largest absolute Gasteiger partial charge is 0.497 e. The van der Waals surface area contributed by atoms with Gasteiger partial charge in [0.1, 0.15) is 17.2 Å². The van der Waals surface area contributed by atoms with Gasteiger partial charge in [0.05, 0.1) is 19.5 Å². The molecule has 0 spiro atoms. The van der Waals surface area contributed by atoms with Crippen molar-refractivity contribution in [2.24, 2.45) is 0 Å². The van der Waals surface area contributed by atoms with Crippen LogP contribution in [0.1, 0.15) is 22.8 Å². The number of hydrogen-bond donors (Lipinski definition) is 3. The number of hydrogen-bond acceptors (Lipinski definition) is 7. The summed E-state index contributed by atoms with van der Waals surface area (Å²) >= 11 is 1.33. The number of carbonyl (C=O) groups excluding carboxylic acids is 3. The van der Waals surface area contributed by atoms with Crippen LogP contribution in [0.3, 0.4) is 0 Å². The monoisotopic (exact) mass is 582 g/mol. The maximum absolute atomic E-state index is 13.3. The molecule has 42 heavy (non-hydrogen) atoms. The van der Waals surface area contributed by atoms with E-state index in [1.807, 2.05) is 6.07 Å². The highest BCUT2D eigenvalue weighted by Gasteiger charge is 2.18. The summed E-state index contributed by atoms with van der Waals surface area (Å²) < 4.78 is 10.5. The second-order valence-electron chi connectivity index (χ2n) is 9.00. The first-order chi connectivity index (χ1) is 20.3. The molecule has 0 fully saturated rings. The van der Waals surface area contributed by atoms with Crippen molar-refractivity contribution in [3.63, 3.8) is 0 Å². The van der Waals surface area contributed by atoms with Gasteiger partial charge in [0.15, 0.2) is 0 Å². The fraction of sp³-hybridized carbons (Fsp3) is 0.125. The molecule has 0 radical (unpaired) electrons. The lowest BCUT2D eigenvalue weighted by Gasteiger charge is -2.15. The molecule has 0 saturated carbocycles. The van der Waals surface area contributed by atoms with Gasteiger partial charge in [-0.1, -0.05) is 30.3 Å². The fourth-order valence-corrected chi connectivity index (χ4v) is 4.72. The van der Waals surface area contributed by atoms with Crippen molar-refractivity contribution in [2.45, 2.75) is 17.1 Å². The average molecular weight is 583 g/mol. The lowest BCUT2D eigenvalue weighted by Crippen LogP contribution is -2.30. The van der Waals surface area contributed by atoms with Gasteiger partial charge in [0.25, 0.3) is 11.8 Å². The maximum atomic E-state index is 13.3. The number of methoxy groups -OCH3 is 2. The number of nitrogens with zero attached hydrogens (tertiary/aromatic N) is 1. The van der Waals surface area contributed by atoms with E-state index in [4.69, 9.17) is 9.47 Å². The molecule has 1 atom stereocenters.